The van der Waals surface area contributed by atoms with Gasteiger partial charge in [0.2, 0.25) is 0 Å². The van der Waals surface area contributed by atoms with Crippen molar-refractivity contribution in [1.82, 2.24) is 4.42 Å². The SMILES string of the molecule is O=C(Nc1cccc(C2=NCCN2Cl)c1)Nc1cccc(C(F)(F)F)c1. The quantitative estimate of drug-likeness (QED) is 0.764. The maximum Gasteiger partial charge on any atom is 0.416 e. The zero-order chi connectivity index (χ0) is 18.7. The third kappa shape index (κ3) is 4.26. The van der Waals surface area contributed by atoms with Gasteiger partial charge in [0.15, 0.2) is 0 Å². The monoisotopic (exact) mass is 382 g/mol. The van der Waals surface area contributed by atoms with Crippen LogP contribution in [-0.2, 0) is 6.18 Å². The Morgan fingerprint density at radius 3 is 2.35 bits per heavy atom. The number of nitrogens with one attached hydrogen (secondary N) is 2. The molecule has 0 aromatic heterocycles. The maximum absolute atomic E-state index is 12.7. The Bertz CT molecular complexity index is 854. The van der Waals surface area contributed by atoms with E-state index in [0.717, 1.165) is 17.7 Å². The lowest BCUT2D eigenvalue weighted by Crippen LogP contribution is -2.21. The topological polar surface area (TPSA) is 56.7 Å². The fraction of sp³-hybridized carbons (Fsp3) is 0.176. The number of carbonyl (C=O) groups is 1. The second-order valence-electron chi connectivity index (χ2n) is 5.53. The normalized spacial score (nSPS) is 14.2. The maximum atomic E-state index is 12.7. The molecule has 1 aliphatic heterocycles. The summed E-state index contributed by atoms with van der Waals surface area (Å²) in [6.07, 6.45) is -4.47. The Morgan fingerprint density at radius 2 is 1.73 bits per heavy atom. The van der Waals surface area contributed by atoms with E-state index in [4.69, 9.17) is 11.8 Å². The van der Waals surface area contributed by atoms with E-state index in [-0.39, 0.29) is 5.69 Å². The molecule has 1 heterocycles. The Balaban J connectivity index is 1.69. The minimum absolute atomic E-state index is 0.0422. The fourth-order valence-electron chi connectivity index (χ4n) is 2.46. The lowest BCUT2D eigenvalue weighted by Gasteiger charge is -2.13. The molecule has 0 unspecified atom stereocenters. The lowest BCUT2D eigenvalue weighted by atomic mass is 10.2. The van der Waals surface area contributed by atoms with E-state index in [1.807, 2.05) is 0 Å². The van der Waals surface area contributed by atoms with Crippen LogP contribution in [0.3, 0.4) is 0 Å². The van der Waals surface area contributed by atoms with Crippen molar-refractivity contribution >= 4 is 35.0 Å². The first-order chi connectivity index (χ1) is 12.3. The highest BCUT2D eigenvalue weighted by Crippen LogP contribution is 2.30. The first kappa shape index (κ1) is 18.1. The van der Waals surface area contributed by atoms with E-state index in [9.17, 15) is 18.0 Å². The summed E-state index contributed by atoms with van der Waals surface area (Å²) in [5, 5.41) is 4.96. The summed E-state index contributed by atoms with van der Waals surface area (Å²) in [4.78, 5) is 16.4. The largest absolute Gasteiger partial charge is 0.416 e. The van der Waals surface area contributed by atoms with Crippen molar-refractivity contribution in [1.29, 1.82) is 0 Å². The van der Waals surface area contributed by atoms with Crippen molar-refractivity contribution in [3.63, 3.8) is 0 Å². The van der Waals surface area contributed by atoms with Crippen molar-refractivity contribution in [2.75, 3.05) is 23.7 Å². The van der Waals surface area contributed by atoms with Gasteiger partial charge in [-0.3, -0.25) is 9.41 Å². The molecule has 2 amide bonds. The van der Waals surface area contributed by atoms with Crippen molar-refractivity contribution in [2.24, 2.45) is 4.99 Å². The van der Waals surface area contributed by atoms with E-state index in [2.05, 4.69) is 15.6 Å². The third-order valence-electron chi connectivity index (χ3n) is 3.61. The smallest absolute Gasteiger partial charge is 0.308 e. The molecule has 0 fully saturated rings. The Labute approximate surface area is 152 Å². The predicted octanol–water partition coefficient (Wildman–Crippen LogP) is 4.57. The van der Waals surface area contributed by atoms with E-state index >= 15 is 0 Å². The van der Waals surface area contributed by atoms with Crippen molar-refractivity contribution in [2.45, 2.75) is 6.18 Å². The number of halogens is 4. The summed E-state index contributed by atoms with van der Waals surface area (Å²) in [6.45, 7) is 1.19. The number of rotatable bonds is 3. The van der Waals surface area contributed by atoms with Gasteiger partial charge in [0.1, 0.15) is 5.84 Å². The molecule has 0 saturated carbocycles. The van der Waals surface area contributed by atoms with Gasteiger partial charge in [-0.15, -0.1) is 0 Å². The van der Waals surface area contributed by atoms with Crippen LogP contribution in [0.15, 0.2) is 53.5 Å². The number of hydrogen-bond donors (Lipinski definition) is 2. The molecule has 5 nitrogen and oxygen atoms in total. The molecule has 9 heteroatoms. The summed E-state index contributed by atoms with van der Waals surface area (Å²) < 4.78 is 39.7. The van der Waals surface area contributed by atoms with E-state index in [1.165, 1.54) is 16.6 Å². The number of carbonyl (C=O) groups excluding carboxylic acids is 1. The van der Waals surface area contributed by atoms with Crippen LogP contribution in [0.25, 0.3) is 0 Å². The second kappa shape index (κ2) is 7.25. The highest BCUT2D eigenvalue weighted by atomic mass is 35.5. The third-order valence-corrected chi connectivity index (χ3v) is 3.94. The summed E-state index contributed by atoms with van der Waals surface area (Å²) in [7, 11) is 0. The van der Waals surface area contributed by atoms with Gasteiger partial charge < -0.3 is 10.6 Å². The number of urea groups is 1. The van der Waals surface area contributed by atoms with Crippen LogP contribution in [0, 0.1) is 0 Å². The standard InChI is InChI=1S/C17H14ClF3N4O/c18-25-8-7-22-15(25)11-3-1-5-13(9-11)23-16(26)24-14-6-2-4-12(10-14)17(19,20)21/h1-6,9-10H,7-8H2,(H2,23,24,26). The molecule has 2 aromatic rings. The minimum Gasteiger partial charge on any atom is -0.308 e. The molecule has 2 N–H and O–H groups in total. The molecule has 26 heavy (non-hydrogen) atoms. The van der Waals surface area contributed by atoms with Crippen molar-refractivity contribution < 1.29 is 18.0 Å². The average molecular weight is 383 g/mol. The van der Waals surface area contributed by atoms with E-state index in [1.54, 1.807) is 24.3 Å². The molecule has 0 atom stereocenters. The van der Waals surface area contributed by atoms with Crippen LogP contribution < -0.4 is 10.6 Å². The van der Waals surface area contributed by atoms with Crippen LogP contribution in [0.2, 0.25) is 0 Å². The van der Waals surface area contributed by atoms with Gasteiger partial charge in [0.25, 0.3) is 0 Å². The van der Waals surface area contributed by atoms with Gasteiger partial charge >= 0.3 is 12.2 Å². The molecule has 1 aliphatic rings. The number of alkyl halides is 3. The molecule has 0 radical (unpaired) electrons. The van der Waals surface area contributed by atoms with Crippen LogP contribution in [-0.4, -0.2) is 29.4 Å². The average Bonchev–Trinajstić information content (AvgIpc) is 3.00. The minimum atomic E-state index is -4.47. The van der Waals surface area contributed by atoms with E-state index < -0.39 is 17.8 Å². The molecule has 0 spiro atoms. The number of nitrogens with zero attached hydrogens (tertiary/aromatic N) is 2. The molecule has 0 saturated heterocycles. The molecule has 136 valence electrons. The molecule has 0 bridgehead atoms. The zero-order valence-electron chi connectivity index (χ0n) is 13.3. The van der Waals surface area contributed by atoms with Crippen molar-refractivity contribution in [3.8, 4) is 0 Å². The van der Waals surface area contributed by atoms with E-state index in [0.29, 0.717) is 24.6 Å². The Hall–Kier alpha value is -2.74. The van der Waals surface area contributed by atoms with Gasteiger partial charge in [0.05, 0.1) is 18.7 Å². The summed E-state index contributed by atoms with van der Waals surface area (Å²) in [5.41, 5.74) is 0.403. The van der Waals surface area contributed by atoms with Gasteiger partial charge in [-0.2, -0.15) is 13.2 Å². The summed E-state index contributed by atoms with van der Waals surface area (Å²) in [5.74, 6) is 0.605. The fourth-order valence-corrected chi connectivity index (χ4v) is 2.69. The molecule has 0 aliphatic carbocycles. The predicted molar refractivity (Wildman–Crippen MR) is 94.5 cm³/mol. The van der Waals surface area contributed by atoms with Gasteiger partial charge in [-0.25, -0.2) is 4.79 Å². The van der Waals surface area contributed by atoms with Crippen molar-refractivity contribution in [3.05, 3.63) is 59.7 Å². The van der Waals surface area contributed by atoms with Gasteiger partial charge in [-0.1, -0.05) is 18.2 Å². The number of amides is 2. The number of anilines is 2. The number of aliphatic imine (C=N–C) groups is 1. The zero-order valence-corrected chi connectivity index (χ0v) is 14.1. The first-order valence-electron chi connectivity index (χ1n) is 7.66. The number of benzene rings is 2. The second-order valence-corrected chi connectivity index (χ2v) is 5.94. The molecular weight excluding hydrogens is 369 g/mol. The van der Waals surface area contributed by atoms with Gasteiger partial charge in [0, 0.05) is 28.7 Å². The first-order valence-corrected chi connectivity index (χ1v) is 8.00. The highest BCUT2D eigenvalue weighted by molar-refractivity contribution is 6.26. The van der Waals surface area contributed by atoms with Crippen LogP contribution in [0.4, 0.5) is 29.3 Å². The Kier molecular flexibility index (Phi) is 5.03. The molecular formula is C17H14ClF3N4O. The highest BCUT2D eigenvalue weighted by Gasteiger charge is 2.30. The van der Waals surface area contributed by atoms with Crippen LogP contribution >= 0.6 is 11.8 Å². The van der Waals surface area contributed by atoms with Gasteiger partial charge in [-0.05, 0) is 30.3 Å². The van der Waals surface area contributed by atoms with Crippen LogP contribution in [0.1, 0.15) is 11.1 Å². The molecule has 3 rings (SSSR count). The van der Waals surface area contributed by atoms with Crippen LogP contribution in [0.5, 0.6) is 0 Å². The number of hydrogen-bond acceptors (Lipinski definition) is 3. The number of amidine groups is 1. The summed E-state index contributed by atoms with van der Waals surface area (Å²) >= 11 is 6.04. The molecule has 2 aromatic carbocycles. The summed E-state index contributed by atoms with van der Waals surface area (Å²) in [6, 6.07) is 10.6. The lowest BCUT2D eigenvalue weighted by molar-refractivity contribution is -0.137. The Morgan fingerprint density at radius 1 is 1.08 bits per heavy atom.